The molecule has 0 atom stereocenters. The molecular formula is C11H22N4O2. The molecule has 17 heavy (non-hydrogen) atoms. The molecule has 1 aliphatic carbocycles. The van der Waals surface area contributed by atoms with Crippen molar-refractivity contribution in [2.75, 3.05) is 27.2 Å². The molecule has 0 heterocycles. The lowest BCUT2D eigenvalue weighted by Gasteiger charge is -2.15. The normalized spacial score (nSPS) is 17.9. The van der Waals surface area contributed by atoms with Gasteiger partial charge < -0.3 is 21.2 Å². The number of hydrogen-bond donors (Lipinski definition) is 3. The Kier molecular flexibility index (Phi) is 4.74. The zero-order valence-corrected chi connectivity index (χ0v) is 10.6. The molecule has 6 heteroatoms. The summed E-state index contributed by atoms with van der Waals surface area (Å²) >= 11 is 0. The number of amidine groups is 1. The van der Waals surface area contributed by atoms with Crippen molar-refractivity contribution < 1.29 is 10.0 Å². The first-order valence-electron chi connectivity index (χ1n) is 5.86. The van der Waals surface area contributed by atoms with Crippen molar-refractivity contribution in [3.05, 3.63) is 0 Å². The van der Waals surface area contributed by atoms with Gasteiger partial charge in [-0.2, -0.15) is 0 Å². The number of rotatable bonds is 7. The molecule has 0 spiro atoms. The lowest BCUT2D eigenvalue weighted by molar-refractivity contribution is -0.128. The highest BCUT2D eigenvalue weighted by Crippen LogP contribution is 2.48. The molecule has 0 aromatic carbocycles. The van der Waals surface area contributed by atoms with Crippen LogP contribution in [0.25, 0.3) is 0 Å². The van der Waals surface area contributed by atoms with Gasteiger partial charge in [-0.1, -0.05) is 5.16 Å². The molecular weight excluding hydrogens is 220 g/mol. The van der Waals surface area contributed by atoms with Crippen molar-refractivity contribution in [1.29, 1.82) is 0 Å². The molecule has 1 fully saturated rings. The van der Waals surface area contributed by atoms with Crippen molar-refractivity contribution in [2.45, 2.75) is 25.7 Å². The first-order valence-corrected chi connectivity index (χ1v) is 5.86. The van der Waals surface area contributed by atoms with Gasteiger partial charge in [0.1, 0.15) is 5.84 Å². The van der Waals surface area contributed by atoms with E-state index in [1.54, 1.807) is 19.0 Å². The monoisotopic (exact) mass is 242 g/mol. The Bertz CT molecular complexity index is 298. The van der Waals surface area contributed by atoms with E-state index in [0.717, 1.165) is 19.4 Å². The van der Waals surface area contributed by atoms with Gasteiger partial charge in [0.25, 0.3) is 0 Å². The third kappa shape index (κ3) is 4.60. The number of amides is 1. The minimum Gasteiger partial charge on any atom is -0.409 e. The summed E-state index contributed by atoms with van der Waals surface area (Å²) in [6, 6.07) is 0. The maximum Gasteiger partial charge on any atom is 0.223 e. The molecule has 0 aromatic rings. The van der Waals surface area contributed by atoms with E-state index in [-0.39, 0.29) is 17.2 Å². The van der Waals surface area contributed by atoms with Crippen LogP contribution in [-0.2, 0) is 4.79 Å². The van der Waals surface area contributed by atoms with E-state index in [9.17, 15) is 4.79 Å². The van der Waals surface area contributed by atoms with Crippen LogP contribution in [0.2, 0.25) is 0 Å². The first kappa shape index (κ1) is 13.8. The summed E-state index contributed by atoms with van der Waals surface area (Å²) in [5.74, 6) is 0.410. The van der Waals surface area contributed by atoms with Crippen LogP contribution in [-0.4, -0.2) is 49.0 Å². The summed E-state index contributed by atoms with van der Waals surface area (Å²) in [5, 5.41) is 14.8. The Morgan fingerprint density at radius 2 is 2.18 bits per heavy atom. The number of oxime groups is 1. The number of carbonyl (C=O) groups excluding carboxylic acids is 1. The molecule has 0 aromatic heterocycles. The Balaban J connectivity index is 2.17. The van der Waals surface area contributed by atoms with Gasteiger partial charge >= 0.3 is 0 Å². The molecule has 0 unspecified atom stereocenters. The number of nitrogens with zero attached hydrogens (tertiary/aromatic N) is 2. The molecule has 0 bridgehead atoms. The SMILES string of the molecule is CN(C)C(=O)CCNCC1(CC(N)=NO)CC1. The molecule has 6 nitrogen and oxygen atoms in total. The van der Waals surface area contributed by atoms with Crippen molar-refractivity contribution in [1.82, 2.24) is 10.2 Å². The second kappa shape index (κ2) is 5.86. The van der Waals surface area contributed by atoms with Gasteiger partial charge in [0, 0.05) is 40.0 Å². The highest BCUT2D eigenvalue weighted by atomic mass is 16.4. The van der Waals surface area contributed by atoms with Crippen LogP contribution in [0.5, 0.6) is 0 Å². The van der Waals surface area contributed by atoms with Crippen molar-refractivity contribution in [2.24, 2.45) is 16.3 Å². The molecule has 1 aliphatic rings. The highest BCUT2D eigenvalue weighted by molar-refractivity contribution is 5.80. The summed E-state index contributed by atoms with van der Waals surface area (Å²) in [6.45, 7) is 1.50. The second-order valence-corrected chi connectivity index (χ2v) is 4.98. The van der Waals surface area contributed by atoms with E-state index >= 15 is 0 Å². The molecule has 0 radical (unpaired) electrons. The van der Waals surface area contributed by atoms with E-state index in [1.807, 2.05) is 0 Å². The van der Waals surface area contributed by atoms with Crippen LogP contribution in [0.3, 0.4) is 0 Å². The van der Waals surface area contributed by atoms with Crippen LogP contribution in [0.1, 0.15) is 25.7 Å². The number of nitrogens with two attached hydrogens (primary N) is 1. The summed E-state index contributed by atoms with van der Waals surface area (Å²) in [5.41, 5.74) is 5.65. The number of hydrogen-bond acceptors (Lipinski definition) is 4. The van der Waals surface area contributed by atoms with Gasteiger partial charge in [-0.15, -0.1) is 0 Å². The molecule has 4 N–H and O–H groups in total. The van der Waals surface area contributed by atoms with Crippen molar-refractivity contribution in [3.63, 3.8) is 0 Å². The van der Waals surface area contributed by atoms with Gasteiger partial charge in [0.2, 0.25) is 5.91 Å². The zero-order chi connectivity index (χ0) is 12.9. The van der Waals surface area contributed by atoms with Crippen LogP contribution >= 0.6 is 0 Å². The van der Waals surface area contributed by atoms with E-state index in [1.165, 1.54) is 0 Å². The lowest BCUT2D eigenvalue weighted by Crippen LogP contribution is -2.31. The predicted molar refractivity (Wildman–Crippen MR) is 65.9 cm³/mol. The Labute approximate surface area is 102 Å². The number of nitrogens with one attached hydrogen (secondary N) is 1. The Morgan fingerprint density at radius 1 is 1.53 bits per heavy atom. The van der Waals surface area contributed by atoms with Crippen molar-refractivity contribution >= 4 is 11.7 Å². The van der Waals surface area contributed by atoms with Gasteiger partial charge in [-0.05, 0) is 18.3 Å². The largest absolute Gasteiger partial charge is 0.409 e. The summed E-state index contributed by atoms with van der Waals surface area (Å²) in [4.78, 5) is 12.9. The minimum atomic E-state index is 0.124. The Hall–Kier alpha value is -1.30. The van der Waals surface area contributed by atoms with Gasteiger partial charge in [-0.25, -0.2) is 0 Å². The van der Waals surface area contributed by atoms with E-state index in [2.05, 4.69) is 10.5 Å². The molecule has 98 valence electrons. The molecule has 1 amide bonds. The summed E-state index contributed by atoms with van der Waals surface area (Å²) in [7, 11) is 3.51. The number of carbonyl (C=O) groups is 1. The third-order valence-electron chi connectivity index (χ3n) is 3.16. The average molecular weight is 242 g/mol. The summed E-state index contributed by atoms with van der Waals surface area (Å²) in [6.07, 6.45) is 3.32. The Morgan fingerprint density at radius 3 is 2.65 bits per heavy atom. The van der Waals surface area contributed by atoms with Crippen LogP contribution in [0.4, 0.5) is 0 Å². The molecule has 1 rings (SSSR count). The maximum atomic E-state index is 11.3. The minimum absolute atomic E-state index is 0.124. The average Bonchev–Trinajstić information content (AvgIpc) is 3.04. The zero-order valence-electron chi connectivity index (χ0n) is 10.6. The van der Waals surface area contributed by atoms with Gasteiger partial charge in [-0.3, -0.25) is 4.79 Å². The highest BCUT2D eigenvalue weighted by Gasteiger charge is 2.42. The van der Waals surface area contributed by atoms with Crippen LogP contribution in [0, 0.1) is 5.41 Å². The van der Waals surface area contributed by atoms with Crippen LogP contribution < -0.4 is 11.1 Å². The lowest BCUT2D eigenvalue weighted by atomic mass is 10.0. The van der Waals surface area contributed by atoms with E-state index in [4.69, 9.17) is 10.9 Å². The van der Waals surface area contributed by atoms with Gasteiger partial charge in [0.15, 0.2) is 0 Å². The molecule has 0 aliphatic heterocycles. The maximum absolute atomic E-state index is 11.3. The predicted octanol–water partition coefficient (Wildman–Crippen LogP) is -0.0290. The van der Waals surface area contributed by atoms with Crippen LogP contribution in [0.15, 0.2) is 5.16 Å². The molecule has 1 saturated carbocycles. The third-order valence-corrected chi connectivity index (χ3v) is 3.16. The fourth-order valence-electron chi connectivity index (χ4n) is 1.78. The second-order valence-electron chi connectivity index (χ2n) is 4.98. The fraction of sp³-hybridized carbons (Fsp3) is 0.818. The summed E-state index contributed by atoms with van der Waals surface area (Å²) < 4.78 is 0. The quantitative estimate of drug-likeness (QED) is 0.192. The van der Waals surface area contributed by atoms with Crippen molar-refractivity contribution in [3.8, 4) is 0 Å². The van der Waals surface area contributed by atoms with E-state index < -0.39 is 0 Å². The van der Waals surface area contributed by atoms with E-state index in [0.29, 0.717) is 19.4 Å². The fourth-order valence-corrected chi connectivity index (χ4v) is 1.78. The standard InChI is InChI=1S/C11H22N4O2/c1-15(2)10(16)3-6-13-8-11(4-5-11)7-9(12)14-17/h13,17H,3-8H2,1-2H3,(H2,12,14). The van der Waals surface area contributed by atoms with Gasteiger partial charge in [0.05, 0.1) is 0 Å². The topological polar surface area (TPSA) is 91.0 Å². The molecule has 0 saturated heterocycles. The first-order chi connectivity index (χ1) is 7.99. The smallest absolute Gasteiger partial charge is 0.223 e.